The van der Waals surface area contributed by atoms with Crippen molar-refractivity contribution >= 4 is 11.3 Å². The number of aryl methyl sites for hydroxylation is 1. The van der Waals surface area contributed by atoms with Gasteiger partial charge in [0.25, 0.3) is 0 Å². The number of hydrogen-bond acceptors (Lipinski definition) is 2. The van der Waals surface area contributed by atoms with Crippen molar-refractivity contribution in [3.8, 4) is 11.3 Å². The van der Waals surface area contributed by atoms with Crippen LogP contribution in [0.5, 0.6) is 0 Å². The summed E-state index contributed by atoms with van der Waals surface area (Å²) < 4.78 is 0. The van der Waals surface area contributed by atoms with Crippen LogP contribution in [0, 0.1) is 0 Å². The van der Waals surface area contributed by atoms with E-state index in [0.29, 0.717) is 0 Å². The van der Waals surface area contributed by atoms with Crippen molar-refractivity contribution in [1.82, 2.24) is 4.98 Å². The molecule has 0 N–H and O–H groups in total. The molecule has 0 bridgehead atoms. The first-order valence-corrected chi connectivity index (χ1v) is 5.27. The van der Waals surface area contributed by atoms with Gasteiger partial charge in [-0.2, -0.15) is 0 Å². The molecule has 0 aliphatic carbocycles. The highest BCUT2D eigenvalue weighted by molar-refractivity contribution is 7.10. The molecule has 0 atom stereocenters. The molecule has 0 fully saturated rings. The summed E-state index contributed by atoms with van der Waals surface area (Å²) in [5.74, 6) is 0. The Morgan fingerprint density at radius 3 is 2.92 bits per heavy atom. The lowest BCUT2D eigenvalue weighted by Crippen LogP contribution is -1.77. The monoisotopic (exact) mass is 189 g/mol. The van der Waals surface area contributed by atoms with Gasteiger partial charge in [-0.1, -0.05) is 13.0 Å². The van der Waals surface area contributed by atoms with Crippen molar-refractivity contribution in [2.45, 2.75) is 13.3 Å². The first-order valence-electron chi connectivity index (χ1n) is 4.39. The zero-order valence-electron chi connectivity index (χ0n) is 7.53. The Bertz CT molecular complexity index is 378. The average molecular weight is 189 g/mol. The topological polar surface area (TPSA) is 12.9 Å². The maximum atomic E-state index is 4.30. The van der Waals surface area contributed by atoms with Crippen LogP contribution in [-0.2, 0) is 6.42 Å². The minimum Gasteiger partial charge on any atom is -0.256 e. The van der Waals surface area contributed by atoms with Crippen LogP contribution in [0.25, 0.3) is 11.3 Å². The Labute approximate surface area is 82.1 Å². The van der Waals surface area contributed by atoms with E-state index in [0.717, 1.165) is 12.1 Å². The summed E-state index contributed by atoms with van der Waals surface area (Å²) in [5.41, 5.74) is 2.31. The van der Waals surface area contributed by atoms with E-state index >= 15 is 0 Å². The van der Waals surface area contributed by atoms with Gasteiger partial charge in [0.05, 0.1) is 5.69 Å². The Balaban J connectivity index is 2.36. The van der Waals surface area contributed by atoms with Gasteiger partial charge in [-0.15, -0.1) is 11.3 Å². The third-order valence-electron chi connectivity index (χ3n) is 1.96. The van der Waals surface area contributed by atoms with Crippen LogP contribution in [0.3, 0.4) is 0 Å². The summed E-state index contributed by atoms with van der Waals surface area (Å²) in [5, 5.41) is 2.17. The van der Waals surface area contributed by atoms with Crippen molar-refractivity contribution in [3.05, 3.63) is 40.7 Å². The molecule has 0 aromatic carbocycles. The lowest BCUT2D eigenvalue weighted by Gasteiger charge is -1.93. The van der Waals surface area contributed by atoms with Crippen molar-refractivity contribution in [3.63, 3.8) is 0 Å². The molecule has 0 spiro atoms. The SMILES string of the molecule is CCc1cc(-c2ccccn2)cs1. The number of aromatic nitrogens is 1. The van der Waals surface area contributed by atoms with E-state index in [2.05, 4.69) is 23.4 Å². The van der Waals surface area contributed by atoms with Gasteiger partial charge >= 0.3 is 0 Å². The normalized spacial score (nSPS) is 10.2. The quantitative estimate of drug-likeness (QED) is 0.705. The summed E-state index contributed by atoms with van der Waals surface area (Å²) >= 11 is 1.80. The zero-order chi connectivity index (χ0) is 9.10. The van der Waals surface area contributed by atoms with Crippen molar-refractivity contribution < 1.29 is 0 Å². The van der Waals surface area contributed by atoms with E-state index in [1.54, 1.807) is 11.3 Å². The third kappa shape index (κ3) is 1.78. The van der Waals surface area contributed by atoms with Gasteiger partial charge in [-0.05, 0) is 24.6 Å². The van der Waals surface area contributed by atoms with Crippen LogP contribution in [0.4, 0.5) is 0 Å². The Morgan fingerprint density at radius 1 is 1.38 bits per heavy atom. The molecule has 66 valence electrons. The van der Waals surface area contributed by atoms with Crippen LogP contribution >= 0.6 is 11.3 Å². The van der Waals surface area contributed by atoms with Gasteiger partial charge in [0.2, 0.25) is 0 Å². The van der Waals surface area contributed by atoms with Gasteiger partial charge in [0, 0.05) is 22.0 Å². The van der Waals surface area contributed by atoms with Gasteiger partial charge in [0.1, 0.15) is 0 Å². The number of nitrogens with zero attached hydrogens (tertiary/aromatic N) is 1. The maximum absolute atomic E-state index is 4.30. The van der Waals surface area contributed by atoms with Crippen LogP contribution in [0.15, 0.2) is 35.8 Å². The van der Waals surface area contributed by atoms with Gasteiger partial charge in [-0.25, -0.2) is 0 Å². The van der Waals surface area contributed by atoms with E-state index in [9.17, 15) is 0 Å². The van der Waals surface area contributed by atoms with E-state index < -0.39 is 0 Å². The highest BCUT2D eigenvalue weighted by Crippen LogP contribution is 2.23. The second-order valence-electron chi connectivity index (χ2n) is 2.87. The average Bonchev–Trinajstić information content (AvgIpc) is 2.67. The highest BCUT2D eigenvalue weighted by atomic mass is 32.1. The van der Waals surface area contributed by atoms with E-state index in [4.69, 9.17) is 0 Å². The van der Waals surface area contributed by atoms with Crippen molar-refractivity contribution in [2.24, 2.45) is 0 Å². The molecule has 0 amide bonds. The van der Waals surface area contributed by atoms with Gasteiger partial charge in [-0.3, -0.25) is 4.98 Å². The number of pyridine rings is 1. The summed E-state index contributed by atoms with van der Waals surface area (Å²) in [4.78, 5) is 5.72. The number of rotatable bonds is 2. The molecule has 0 aliphatic rings. The molecule has 0 radical (unpaired) electrons. The molecule has 1 nitrogen and oxygen atoms in total. The maximum Gasteiger partial charge on any atom is 0.0710 e. The lowest BCUT2D eigenvalue weighted by atomic mass is 10.2. The molecule has 0 aliphatic heterocycles. The molecule has 2 heterocycles. The fourth-order valence-corrected chi connectivity index (χ4v) is 2.06. The first-order chi connectivity index (χ1) is 6.40. The predicted molar refractivity (Wildman–Crippen MR) is 56.9 cm³/mol. The minimum absolute atomic E-state index is 1.07. The molecule has 2 rings (SSSR count). The summed E-state index contributed by atoms with van der Waals surface area (Å²) in [6, 6.07) is 8.22. The summed E-state index contributed by atoms with van der Waals surface area (Å²) in [6.07, 6.45) is 2.94. The van der Waals surface area contributed by atoms with Crippen LogP contribution in [0.2, 0.25) is 0 Å². The Hall–Kier alpha value is -1.15. The molecule has 2 heteroatoms. The highest BCUT2D eigenvalue weighted by Gasteiger charge is 2.00. The third-order valence-corrected chi connectivity index (χ3v) is 3.04. The lowest BCUT2D eigenvalue weighted by molar-refractivity contribution is 1.19. The predicted octanol–water partition coefficient (Wildman–Crippen LogP) is 3.37. The van der Waals surface area contributed by atoms with E-state index in [1.807, 2.05) is 24.4 Å². The van der Waals surface area contributed by atoms with Gasteiger partial charge in [0.15, 0.2) is 0 Å². The largest absolute Gasteiger partial charge is 0.256 e. The number of hydrogen-bond donors (Lipinski definition) is 0. The summed E-state index contributed by atoms with van der Waals surface area (Å²) in [7, 11) is 0. The molecular weight excluding hydrogens is 178 g/mol. The molecule has 13 heavy (non-hydrogen) atoms. The zero-order valence-corrected chi connectivity index (χ0v) is 8.34. The Kier molecular flexibility index (Phi) is 2.41. The van der Waals surface area contributed by atoms with Gasteiger partial charge < -0.3 is 0 Å². The van der Waals surface area contributed by atoms with Crippen LogP contribution < -0.4 is 0 Å². The second kappa shape index (κ2) is 3.71. The smallest absolute Gasteiger partial charge is 0.0710 e. The molecular formula is C11H11NS. The first kappa shape index (κ1) is 8.45. The molecule has 2 aromatic heterocycles. The van der Waals surface area contributed by atoms with Crippen molar-refractivity contribution in [1.29, 1.82) is 0 Å². The van der Waals surface area contributed by atoms with E-state index in [1.165, 1.54) is 10.4 Å². The van der Waals surface area contributed by atoms with Crippen molar-refractivity contribution in [2.75, 3.05) is 0 Å². The second-order valence-corrected chi connectivity index (χ2v) is 3.87. The molecule has 0 saturated heterocycles. The van der Waals surface area contributed by atoms with Crippen LogP contribution in [-0.4, -0.2) is 4.98 Å². The summed E-state index contributed by atoms with van der Waals surface area (Å²) in [6.45, 7) is 2.17. The number of thiophene rings is 1. The fourth-order valence-electron chi connectivity index (χ4n) is 1.23. The Morgan fingerprint density at radius 2 is 2.31 bits per heavy atom. The van der Waals surface area contributed by atoms with Crippen LogP contribution in [0.1, 0.15) is 11.8 Å². The fraction of sp³-hybridized carbons (Fsp3) is 0.182. The molecule has 2 aromatic rings. The molecule has 0 saturated carbocycles. The minimum atomic E-state index is 1.07. The standard InChI is InChI=1S/C11H11NS/c1-2-10-7-9(8-13-10)11-5-3-4-6-12-11/h3-8H,2H2,1H3. The molecule has 0 unspecified atom stereocenters. The van der Waals surface area contributed by atoms with E-state index in [-0.39, 0.29) is 0 Å².